The minimum absolute atomic E-state index is 0.143. The van der Waals surface area contributed by atoms with Gasteiger partial charge in [0.05, 0.1) is 24.9 Å². The van der Waals surface area contributed by atoms with Crippen molar-refractivity contribution in [1.82, 2.24) is 19.4 Å². The van der Waals surface area contributed by atoms with Crippen molar-refractivity contribution in [3.05, 3.63) is 35.1 Å². The quantitative estimate of drug-likeness (QED) is 0.781. The van der Waals surface area contributed by atoms with Crippen LogP contribution in [0.4, 0.5) is 0 Å². The van der Waals surface area contributed by atoms with Crippen LogP contribution in [0.25, 0.3) is 5.13 Å². The van der Waals surface area contributed by atoms with E-state index >= 15 is 0 Å². The average molecular weight is 407 g/mol. The topological polar surface area (TPSA) is 50.6 Å². The molecule has 4 heterocycles. The smallest absolute Gasteiger partial charge is 0.266 e. The number of hydrogen-bond acceptors (Lipinski definition) is 6. The molecule has 146 valence electrons. The van der Waals surface area contributed by atoms with Gasteiger partial charge in [0.1, 0.15) is 4.88 Å². The molecular formula is C19H26N4O2S2. The summed E-state index contributed by atoms with van der Waals surface area (Å²) in [6.45, 7) is 7.22. The first-order chi connectivity index (χ1) is 13.2. The summed E-state index contributed by atoms with van der Waals surface area (Å²) in [5, 5.41) is 0.856. The van der Waals surface area contributed by atoms with E-state index in [4.69, 9.17) is 4.74 Å². The zero-order valence-electron chi connectivity index (χ0n) is 15.7. The third kappa shape index (κ3) is 4.39. The predicted molar refractivity (Wildman–Crippen MR) is 110 cm³/mol. The molecule has 2 aromatic rings. The number of carbonyl (C=O) groups excluding carboxylic acids is 1. The fourth-order valence-corrected chi connectivity index (χ4v) is 5.66. The number of aromatic nitrogens is 2. The summed E-state index contributed by atoms with van der Waals surface area (Å²) in [4.78, 5) is 23.4. The van der Waals surface area contributed by atoms with Gasteiger partial charge in [-0.1, -0.05) is 11.3 Å². The van der Waals surface area contributed by atoms with Crippen molar-refractivity contribution in [2.75, 3.05) is 50.9 Å². The maximum atomic E-state index is 13.4. The summed E-state index contributed by atoms with van der Waals surface area (Å²) < 4.78 is 7.44. The van der Waals surface area contributed by atoms with E-state index in [0.29, 0.717) is 0 Å². The average Bonchev–Trinajstić information content (AvgIpc) is 3.28. The van der Waals surface area contributed by atoms with E-state index in [9.17, 15) is 4.79 Å². The van der Waals surface area contributed by atoms with Crippen LogP contribution in [0, 0.1) is 6.92 Å². The van der Waals surface area contributed by atoms with Gasteiger partial charge in [-0.25, -0.2) is 4.98 Å². The Morgan fingerprint density at radius 3 is 2.81 bits per heavy atom. The number of ether oxygens (including phenoxy) is 1. The highest BCUT2D eigenvalue weighted by Crippen LogP contribution is 2.26. The lowest BCUT2D eigenvalue weighted by atomic mass is 10.2. The summed E-state index contributed by atoms with van der Waals surface area (Å²) in [6, 6.07) is 4.20. The maximum absolute atomic E-state index is 13.4. The highest BCUT2D eigenvalue weighted by atomic mass is 32.2. The second-order valence-electron chi connectivity index (χ2n) is 7.00. The number of hydrogen-bond donors (Lipinski definition) is 0. The second-order valence-corrected chi connectivity index (χ2v) is 9.12. The van der Waals surface area contributed by atoms with Crippen molar-refractivity contribution >= 4 is 29.0 Å². The van der Waals surface area contributed by atoms with Crippen molar-refractivity contribution < 1.29 is 9.53 Å². The fraction of sp³-hybridized carbons (Fsp3) is 0.579. The Kier molecular flexibility index (Phi) is 6.17. The molecule has 8 heteroatoms. The zero-order chi connectivity index (χ0) is 18.6. The van der Waals surface area contributed by atoms with E-state index in [2.05, 4.69) is 14.8 Å². The summed E-state index contributed by atoms with van der Waals surface area (Å²) >= 11 is 3.46. The van der Waals surface area contributed by atoms with Gasteiger partial charge in [-0.05, 0) is 31.2 Å². The highest BCUT2D eigenvalue weighted by molar-refractivity contribution is 7.99. The lowest BCUT2D eigenvalue weighted by Crippen LogP contribution is -2.50. The van der Waals surface area contributed by atoms with Crippen LogP contribution >= 0.6 is 23.1 Å². The number of aryl methyl sites for hydroxylation is 1. The van der Waals surface area contributed by atoms with Crippen molar-refractivity contribution in [3.8, 4) is 5.13 Å². The third-order valence-electron chi connectivity index (χ3n) is 5.08. The normalized spacial score (nSPS) is 22.0. The molecule has 1 unspecified atom stereocenters. The zero-order valence-corrected chi connectivity index (χ0v) is 17.3. The minimum atomic E-state index is 0.143. The monoisotopic (exact) mass is 406 g/mol. The molecule has 0 saturated carbocycles. The summed E-state index contributed by atoms with van der Waals surface area (Å²) in [5.41, 5.74) is 0.829. The Labute approximate surface area is 168 Å². The maximum Gasteiger partial charge on any atom is 0.266 e. The van der Waals surface area contributed by atoms with Crippen molar-refractivity contribution in [2.45, 2.75) is 19.4 Å². The molecule has 27 heavy (non-hydrogen) atoms. The standard InChI is InChI=1S/C19H26N4O2S2/c1-15-17(27-19(20-15)22-5-2-3-6-22)18(24)23-7-4-12-26-14-16(23)13-21-8-10-25-11-9-21/h2-3,5-6,16H,4,7-14H2,1H3. The van der Waals surface area contributed by atoms with Gasteiger partial charge in [0.25, 0.3) is 5.91 Å². The van der Waals surface area contributed by atoms with E-state index < -0.39 is 0 Å². The van der Waals surface area contributed by atoms with Crippen LogP contribution in [0.15, 0.2) is 24.5 Å². The molecule has 0 spiro atoms. The minimum Gasteiger partial charge on any atom is -0.379 e. The largest absolute Gasteiger partial charge is 0.379 e. The first kappa shape index (κ1) is 19.0. The molecule has 0 aromatic carbocycles. The molecule has 2 fully saturated rings. The molecular weight excluding hydrogens is 380 g/mol. The molecule has 1 amide bonds. The van der Waals surface area contributed by atoms with E-state index in [1.54, 1.807) is 0 Å². The number of rotatable bonds is 4. The van der Waals surface area contributed by atoms with E-state index in [1.807, 2.05) is 47.8 Å². The van der Waals surface area contributed by atoms with Crippen LogP contribution in [0.2, 0.25) is 0 Å². The second kappa shape index (κ2) is 8.77. The molecule has 2 aliphatic heterocycles. The molecule has 4 rings (SSSR count). The van der Waals surface area contributed by atoms with Gasteiger partial charge >= 0.3 is 0 Å². The van der Waals surface area contributed by atoms with Gasteiger partial charge in [0.15, 0.2) is 5.13 Å². The predicted octanol–water partition coefficient (Wildman–Crippen LogP) is 2.52. The Morgan fingerprint density at radius 1 is 1.26 bits per heavy atom. The molecule has 0 aliphatic carbocycles. The number of thioether (sulfide) groups is 1. The molecule has 0 radical (unpaired) electrons. The van der Waals surface area contributed by atoms with Crippen LogP contribution < -0.4 is 0 Å². The fourth-order valence-electron chi connectivity index (χ4n) is 3.61. The Hall–Kier alpha value is -1.35. The summed E-state index contributed by atoms with van der Waals surface area (Å²) in [7, 11) is 0. The Bertz CT molecular complexity index is 756. The third-order valence-corrected chi connectivity index (χ3v) is 7.43. The van der Waals surface area contributed by atoms with Gasteiger partial charge in [0.2, 0.25) is 0 Å². The Balaban J connectivity index is 1.54. The molecule has 2 saturated heterocycles. The van der Waals surface area contributed by atoms with E-state index in [0.717, 1.165) is 73.0 Å². The molecule has 0 bridgehead atoms. The van der Waals surface area contributed by atoms with Gasteiger partial charge in [-0.2, -0.15) is 11.8 Å². The van der Waals surface area contributed by atoms with Crippen molar-refractivity contribution in [3.63, 3.8) is 0 Å². The Morgan fingerprint density at radius 2 is 2.04 bits per heavy atom. The molecule has 0 N–H and O–H groups in total. The van der Waals surface area contributed by atoms with Gasteiger partial charge in [0, 0.05) is 44.3 Å². The lowest BCUT2D eigenvalue weighted by Gasteiger charge is -2.35. The number of thiazole rings is 1. The summed E-state index contributed by atoms with van der Waals surface area (Å²) in [6.07, 6.45) is 4.99. The lowest BCUT2D eigenvalue weighted by molar-refractivity contribution is 0.0245. The van der Waals surface area contributed by atoms with Crippen LogP contribution in [0.5, 0.6) is 0 Å². The molecule has 1 atom stereocenters. The number of morpholine rings is 1. The van der Waals surface area contributed by atoms with Gasteiger partial charge in [-0.3, -0.25) is 9.69 Å². The SMILES string of the molecule is Cc1nc(-n2cccc2)sc1C(=O)N1CCCSCC1CN1CCOCC1. The van der Waals surface area contributed by atoms with Gasteiger partial charge in [-0.15, -0.1) is 0 Å². The molecule has 6 nitrogen and oxygen atoms in total. The first-order valence-electron chi connectivity index (χ1n) is 9.52. The summed E-state index contributed by atoms with van der Waals surface area (Å²) in [5.74, 6) is 2.27. The van der Waals surface area contributed by atoms with Crippen molar-refractivity contribution in [2.24, 2.45) is 0 Å². The number of nitrogens with zero attached hydrogens (tertiary/aromatic N) is 4. The number of amides is 1. The van der Waals surface area contributed by atoms with Crippen molar-refractivity contribution in [1.29, 1.82) is 0 Å². The van der Waals surface area contributed by atoms with Gasteiger partial charge < -0.3 is 14.2 Å². The highest BCUT2D eigenvalue weighted by Gasteiger charge is 2.31. The van der Waals surface area contributed by atoms with E-state index in [1.165, 1.54) is 11.3 Å². The first-order valence-corrected chi connectivity index (χ1v) is 11.5. The van der Waals surface area contributed by atoms with Crippen LogP contribution in [0.1, 0.15) is 21.8 Å². The van der Waals surface area contributed by atoms with Crippen LogP contribution in [0.3, 0.4) is 0 Å². The van der Waals surface area contributed by atoms with Crippen LogP contribution in [-0.2, 0) is 4.74 Å². The molecule has 2 aromatic heterocycles. The van der Waals surface area contributed by atoms with Crippen LogP contribution in [-0.4, -0.2) is 82.2 Å². The van der Waals surface area contributed by atoms with E-state index in [-0.39, 0.29) is 11.9 Å². The molecule has 2 aliphatic rings. The number of carbonyl (C=O) groups is 1.